The van der Waals surface area contributed by atoms with Crippen molar-refractivity contribution in [3.8, 4) is 17.2 Å². The van der Waals surface area contributed by atoms with Crippen molar-refractivity contribution < 1.29 is 9.84 Å². The zero-order valence-corrected chi connectivity index (χ0v) is 13.2. The van der Waals surface area contributed by atoms with Gasteiger partial charge in [-0.25, -0.2) is 4.68 Å². The van der Waals surface area contributed by atoms with Gasteiger partial charge >= 0.3 is 0 Å². The second-order valence-electron chi connectivity index (χ2n) is 5.43. The van der Waals surface area contributed by atoms with Crippen molar-refractivity contribution in [3.05, 3.63) is 65.5 Å². The number of nitrogens with zero attached hydrogens (tertiary/aromatic N) is 3. The first-order valence-electron chi connectivity index (χ1n) is 7.60. The molecule has 0 saturated heterocycles. The Bertz CT molecular complexity index is 812. The summed E-state index contributed by atoms with van der Waals surface area (Å²) in [6.07, 6.45) is 2.77. The molecule has 0 saturated carbocycles. The number of phenols is 1. The predicted octanol–water partition coefficient (Wildman–Crippen LogP) is 3.70. The fourth-order valence-corrected chi connectivity index (χ4v) is 2.30. The molecular weight excluding hydrogens is 290 g/mol. The number of hydrogen-bond donors (Lipinski definition) is 1. The maximum Gasteiger partial charge on any atom is 0.169 e. The molecule has 0 aliphatic heterocycles. The zero-order chi connectivity index (χ0) is 16.2. The summed E-state index contributed by atoms with van der Waals surface area (Å²) in [6.45, 7) is 4.57. The molecule has 0 aliphatic rings. The molecule has 3 aromatic rings. The Kier molecular flexibility index (Phi) is 4.28. The lowest BCUT2D eigenvalue weighted by Gasteiger charge is -2.11. The van der Waals surface area contributed by atoms with Crippen LogP contribution >= 0.6 is 0 Å². The first-order valence-corrected chi connectivity index (χ1v) is 7.60. The Morgan fingerprint density at radius 3 is 2.65 bits per heavy atom. The Labute approximate surface area is 135 Å². The van der Waals surface area contributed by atoms with Crippen LogP contribution < -0.4 is 4.74 Å². The van der Waals surface area contributed by atoms with Gasteiger partial charge in [-0.15, -0.1) is 5.10 Å². The molecule has 1 N–H and O–H groups in total. The molecular formula is C18H19N3O2. The lowest BCUT2D eigenvalue weighted by Crippen LogP contribution is -2.00. The minimum absolute atomic E-state index is 0.113. The summed E-state index contributed by atoms with van der Waals surface area (Å²) in [7, 11) is 0. The van der Waals surface area contributed by atoms with Crippen molar-refractivity contribution in [2.24, 2.45) is 0 Å². The number of phenolic OH excluding ortho intramolecular Hbond substituents is 1. The van der Waals surface area contributed by atoms with Gasteiger partial charge in [-0.05, 0) is 42.7 Å². The summed E-state index contributed by atoms with van der Waals surface area (Å²) in [6, 6.07) is 13.1. The van der Waals surface area contributed by atoms with Gasteiger partial charge in [0.25, 0.3) is 0 Å². The van der Waals surface area contributed by atoms with Gasteiger partial charge in [0, 0.05) is 6.20 Å². The molecule has 5 heteroatoms. The number of hydrogen-bond acceptors (Lipinski definition) is 4. The fourth-order valence-electron chi connectivity index (χ4n) is 2.30. The van der Waals surface area contributed by atoms with Crippen molar-refractivity contribution >= 4 is 0 Å². The molecule has 0 atom stereocenters. The quantitative estimate of drug-likeness (QED) is 0.780. The summed E-state index contributed by atoms with van der Waals surface area (Å²) >= 11 is 0. The van der Waals surface area contributed by atoms with E-state index in [-0.39, 0.29) is 5.75 Å². The first-order chi connectivity index (χ1) is 11.2. The van der Waals surface area contributed by atoms with E-state index in [4.69, 9.17) is 4.74 Å². The third-order valence-electron chi connectivity index (χ3n) is 3.63. The Morgan fingerprint density at radius 1 is 1.13 bits per heavy atom. The fraction of sp³-hybridized carbons (Fsp3) is 0.222. The maximum atomic E-state index is 10.2. The van der Waals surface area contributed by atoms with Gasteiger partial charge in [0.1, 0.15) is 5.75 Å². The highest BCUT2D eigenvalue weighted by Gasteiger charge is 2.08. The molecule has 0 bridgehead atoms. The monoisotopic (exact) mass is 309 g/mol. The van der Waals surface area contributed by atoms with Crippen LogP contribution in [0.5, 0.6) is 17.2 Å². The van der Waals surface area contributed by atoms with Crippen LogP contribution in [0.4, 0.5) is 0 Å². The van der Waals surface area contributed by atoms with E-state index < -0.39 is 0 Å². The first kappa shape index (κ1) is 15.1. The molecule has 23 heavy (non-hydrogen) atoms. The second-order valence-corrected chi connectivity index (χ2v) is 5.43. The third-order valence-corrected chi connectivity index (χ3v) is 3.63. The van der Waals surface area contributed by atoms with Gasteiger partial charge in [-0.3, -0.25) is 0 Å². The van der Waals surface area contributed by atoms with Gasteiger partial charge in [-0.1, -0.05) is 36.4 Å². The van der Waals surface area contributed by atoms with Crippen LogP contribution in [0.3, 0.4) is 0 Å². The van der Waals surface area contributed by atoms with Crippen LogP contribution in [0, 0.1) is 6.92 Å². The zero-order valence-electron chi connectivity index (χ0n) is 13.2. The van der Waals surface area contributed by atoms with Crippen LogP contribution in [0.1, 0.15) is 23.7 Å². The molecule has 2 aromatic carbocycles. The molecule has 0 radical (unpaired) electrons. The minimum atomic E-state index is 0.113. The lowest BCUT2D eigenvalue weighted by atomic mass is 10.2. The average molecular weight is 309 g/mol. The average Bonchev–Trinajstić information content (AvgIpc) is 2.99. The maximum absolute atomic E-state index is 10.2. The highest BCUT2D eigenvalue weighted by molar-refractivity contribution is 5.45. The van der Waals surface area contributed by atoms with E-state index in [1.165, 1.54) is 0 Å². The summed E-state index contributed by atoms with van der Waals surface area (Å²) in [5, 5.41) is 18.3. The van der Waals surface area contributed by atoms with Crippen LogP contribution in [0.25, 0.3) is 0 Å². The van der Waals surface area contributed by atoms with Crippen molar-refractivity contribution in [1.82, 2.24) is 15.0 Å². The molecule has 0 unspecified atom stereocenters. The van der Waals surface area contributed by atoms with E-state index in [0.717, 1.165) is 29.0 Å². The SMILES string of the molecule is CCc1cn(Cc2ccc(Oc3ccccc3C)c(O)c2)nn1. The highest BCUT2D eigenvalue weighted by Crippen LogP contribution is 2.32. The summed E-state index contributed by atoms with van der Waals surface area (Å²) < 4.78 is 7.54. The van der Waals surface area contributed by atoms with E-state index in [2.05, 4.69) is 10.3 Å². The number of aryl methyl sites for hydroxylation is 2. The van der Waals surface area contributed by atoms with Crippen molar-refractivity contribution in [2.45, 2.75) is 26.8 Å². The largest absolute Gasteiger partial charge is 0.504 e. The molecule has 5 nitrogen and oxygen atoms in total. The van der Waals surface area contributed by atoms with Crippen molar-refractivity contribution in [2.75, 3.05) is 0 Å². The van der Waals surface area contributed by atoms with Gasteiger partial charge in [0.05, 0.1) is 12.2 Å². The molecule has 1 heterocycles. The van der Waals surface area contributed by atoms with E-state index in [9.17, 15) is 5.11 Å². The highest BCUT2D eigenvalue weighted by atomic mass is 16.5. The summed E-state index contributed by atoms with van der Waals surface area (Å²) in [5.74, 6) is 1.29. The Balaban J connectivity index is 1.76. The van der Waals surface area contributed by atoms with Crippen molar-refractivity contribution in [3.63, 3.8) is 0 Å². The standard InChI is InChI=1S/C18H19N3O2/c1-3-15-12-21(20-19-15)11-14-8-9-18(16(22)10-14)23-17-7-5-4-6-13(17)2/h4-10,12,22H,3,11H2,1-2H3. The van der Waals surface area contributed by atoms with E-state index in [0.29, 0.717) is 12.3 Å². The minimum Gasteiger partial charge on any atom is -0.504 e. The van der Waals surface area contributed by atoms with Crippen LogP contribution in [0.15, 0.2) is 48.7 Å². The number of para-hydroxylation sites is 1. The summed E-state index contributed by atoms with van der Waals surface area (Å²) in [5.41, 5.74) is 2.91. The molecule has 0 aliphatic carbocycles. The van der Waals surface area contributed by atoms with E-state index in [1.54, 1.807) is 16.8 Å². The van der Waals surface area contributed by atoms with Crippen LogP contribution in [-0.2, 0) is 13.0 Å². The van der Waals surface area contributed by atoms with E-state index >= 15 is 0 Å². The Hall–Kier alpha value is -2.82. The van der Waals surface area contributed by atoms with Crippen LogP contribution in [0.2, 0.25) is 0 Å². The van der Waals surface area contributed by atoms with Crippen LogP contribution in [-0.4, -0.2) is 20.1 Å². The molecule has 3 rings (SSSR count). The van der Waals surface area contributed by atoms with Gasteiger partial charge in [0.2, 0.25) is 0 Å². The normalized spacial score (nSPS) is 10.7. The molecule has 1 aromatic heterocycles. The lowest BCUT2D eigenvalue weighted by molar-refractivity contribution is 0.409. The second kappa shape index (κ2) is 6.52. The van der Waals surface area contributed by atoms with Gasteiger partial charge in [-0.2, -0.15) is 0 Å². The number of aromatic nitrogens is 3. The number of ether oxygens (including phenoxy) is 1. The molecule has 118 valence electrons. The third kappa shape index (κ3) is 3.51. The topological polar surface area (TPSA) is 60.2 Å². The van der Waals surface area contributed by atoms with Crippen molar-refractivity contribution in [1.29, 1.82) is 0 Å². The summed E-state index contributed by atoms with van der Waals surface area (Å²) in [4.78, 5) is 0. The number of aromatic hydroxyl groups is 1. The smallest absolute Gasteiger partial charge is 0.169 e. The number of rotatable bonds is 5. The molecule has 0 fully saturated rings. The molecule has 0 spiro atoms. The van der Waals surface area contributed by atoms with Gasteiger partial charge in [0.15, 0.2) is 11.5 Å². The van der Waals surface area contributed by atoms with Gasteiger partial charge < -0.3 is 9.84 Å². The molecule has 0 amide bonds. The van der Waals surface area contributed by atoms with E-state index in [1.807, 2.05) is 50.4 Å². The number of benzene rings is 2. The Morgan fingerprint density at radius 2 is 1.96 bits per heavy atom. The predicted molar refractivity (Wildman–Crippen MR) is 87.9 cm³/mol.